The molecule has 0 aliphatic carbocycles. The van der Waals surface area contributed by atoms with E-state index in [1.54, 1.807) is 4.90 Å². The van der Waals surface area contributed by atoms with Gasteiger partial charge in [0.25, 0.3) is 0 Å². The number of halogens is 4. The molecule has 24 heavy (non-hydrogen) atoms. The van der Waals surface area contributed by atoms with Crippen molar-refractivity contribution in [3.63, 3.8) is 0 Å². The van der Waals surface area contributed by atoms with Crippen molar-refractivity contribution in [1.29, 1.82) is 0 Å². The molecule has 8 heteroatoms. The van der Waals surface area contributed by atoms with Gasteiger partial charge in [-0.25, -0.2) is 0 Å². The van der Waals surface area contributed by atoms with Gasteiger partial charge in [0.2, 0.25) is 11.8 Å². The summed E-state index contributed by atoms with van der Waals surface area (Å²) >= 11 is 5.55. The first-order valence-corrected chi connectivity index (χ1v) is 7.75. The SMILES string of the molecule is CC(C)(C)N1CC(C(=O)Nc2ccc(Cl)c(C(F)(F)F)c2)CC1=O. The maximum Gasteiger partial charge on any atom is 0.417 e. The van der Waals surface area contributed by atoms with Crippen molar-refractivity contribution in [2.24, 2.45) is 5.92 Å². The summed E-state index contributed by atoms with van der Waals surface area (Å²) in [7, 11) is 0. The number of likely N-dealkylation sites (tertiary alicyclic amines) is 1. The molecule has 1 fully saturated rings. The Labute approximate surface area is 143 Å². The zero-order valence-electron chi connectivity index (χ0n) is 13.5. The van der Waals surface area contributed by atoms with Crippen LogP contribution in [-0.4, -0.2) is 28.8 Å². The summed E-state index contributed by atoms with van der Waals surface area (Å²) in [6.45, 7) is 5.83. The van der Waals surface area contributed by atoms with Gasteiger partial charge in [-0.2, -0.15) is 13.2 Å². The number of rotatable bonds is 2. The molecule has 1 N–H and O–H groups in total. The molecule has 2 amide bonds. The number of hydrogen-bond donors (Lipinski definition) is 1. The first kappa shape index (κ1) is 18.6. The van der Waals surface area contributed by atoms with Crippen LogP contribution in [0.5, 0.6) is 0 Å². The highest BCUT2D eigenvalue weighted by atomic mass is 35.5. The lowest BCUT2D eigenvalue weighted by Gasteiger charge is -2.31. The lowest BCUT2D eigenvalue weighted by Crippen LogP contribution is -2.42. The fraction of sp³-hybridized carbons (Fsp3) is 0.500. The second kappa shape index (κ2) is 6.27. The minimum atomic E-state index is -4.61. The molecule has 132 valence electrons. The topological polar surface area (TPSA) is 49.4 Å². The van der Waals surface area contributed by atoms with Crippen LogP contribution in [0.1, 0.15) is 32.8 Å². The van der Waals surface area contributed by atoms with E-state index in [0.29, 0.717) is 0 Å². The first-order chi connectivity index (χ1) is 10.9. The number of carbonyl (C=O) groups excluding carboxylic acids is 2. The van der Waals surface area contributed by atoms with Crippen LogP contribution in [0.4, 0.5) is 18.9 Å². The van der Waals surface area contributed by atoms with E-state index in [4.69, 9.17) is 11.6 Å². The number of carbonyl (C=O) groups is 2. The number of hydrogen-bond acceptors (Lipinski definition) is 2. The predicted octanol–water partition coefficient (Wildman–Crippen LogP) is 3.94. The fourth-order valence-electron chi connectivity index (χ4n) is 2.60. The standard InChI is InChI=1S/C16H18ClF3N2O2/c1-15(2,3)22-8-9(6-13(22)23)14(24)21-10-4-5-12(17)11(7-10)16(18,19)20/h4-5,7,9H,6,8H2,1-3H3,(H,21,24). The summed E-state index contributed by atoms with van der Waals surface area (Å²) < 4.78 is 38.6. The van der Waals surface area contributed by atoms with Gasteiger partial charge < -0.3 is 10.2 Å². The lowest BCUT2D eigenvalue weighted by molar-refractivity contribution is -0.137. The number of amides is 2. The highest BCUT2D eigenvalue weighted by Crippen LogP contribution is 2.36. The number of nitrogens with zero attached hydrogens (tertiary/aromatic N) is 1. The van der Waals surface area contributed by atoms with Gasteiger partial charge >= 0.3 is 6.18 Å². The van der Waals surface area contributed by atoms with Crippen molar-refractivity contribution in [1.82, 2.24) is 4.90 Å². The van der Waals surface area contributed by atoms with Gasteiger partial charge in [0.15, 0.2) is 0 Å². The van der Waals surface area contributed by atoms with E-state index in [1.165, 1.54) is 6.07 Å². The molecule has 1 aromatic carbocycles. The van der Waals surface area contributed by atoms with Crippen LogP contribution in [0.3, 0.4) is 0 Å². The summed E-state index contributed by atoms with van der Waals surface area (Å²) in [5.41, 5.74) is -1.42. The Hall–Kier alpha value is -1.76. The van der Waals surface area contributed by atoms with Crippen LogP contribution in [-0.2, 0) is 15.8 Å². The van der Waals surface area contributed by atoms with E-state index in [2.05, 4.69) is 5.32 Å². The van der Waals surface area contributed by atoms with Gasteiger partial charge in [-0.05, 0) is 39.0 Å². The van der Waals surface area contributed by atoms with Crippen molar-refractivity contribution < 1.29 is 22.8 Å². The van der Waals surface area contributed by atoms with Crippen LogP contribution >= 0.6 is 11.6 Å². The second-order valence-corrected chi connectivity index (χ2v) is 7.17. The summed E-state index contributed by atoms with van der Waals surface area (Å²) in [6, 6.07) is 3.17. The first-order valence-electron chi connectivity index (χ1n) is 7.37. The number of nitrogens with one attached hydrogen (secondary N) is 1. The summed E-state index contributed by atoms with van der Waals surface area (Å²) in [5.74, 6) is -1.22. The molecule has 1 aromatic rings. The number of alkyl halides is 3. The minimum absolute atomic E-state index is 0.00150. The van der Waals surface area contributed by atoms with Crippen LogP contribution in [0.15, 0.2) is 18.2 Å². The molecule has 4 nitrogen and oxygen atoms in total. The Morgan fingerprint density at radius 3 is 2.42 bits per heavy atom. The van der Waals surface area contributed by atoms with E-state index in [-0.39, 0.29) is 24.6 Å². The van der Waals surface area contributed by atoms with E-state index >= 15 is 0 Å². The third kappa shape index (κ3) is 4.01. The van der Waals surface area contributed by atoms with Gasteiger partial charge in [0.05, 0.1) is 16.5 Å². The average Bonchev–Trinajstić information content (AvgIpc) is 2.82. The second-order valence-electron chi connectivity index (χ2n) is 6.76. The van der Waals surface area contributed by atoms with Crippen LogP contribution in [0.2, 0.25) is 5.02 Å². The average molecular weight is 363 g/mol. The molecule has 1 aliphatic heterocycles. The van der Waals surface area contributed by atoms with E-state index in [0.717, 1.165) is 12.1 Å². The van der Waals surface area contributed by atoms with Crippen LogP contribution < -0.4 is 5.32 Å². The molecule has 1 saturated heterocycles. The fourth-order valence-corrected chi connectivity index (χ4v) is 2.82. The molecule has 1 heterocycles. The highest BCUT2D eigenvalue weighted by molar-refractivity contribution is 6.31. The predicted molar refractivity (Wildman–Crippen MR) is 84.7 cm³/mol. The molecule has 1 unspecified atom stereocenters. The monoisotopic (exact) mass is 362 g/mol. The van der Waals surface area contributed by atoms with Crippen molar-refractivity contribution in [3.8, 4) is 0 Å². The maximum absolute atomic E-state index is 12.9. The molecule has 0 bridgehead atoms. The van der Waals surface area contributed by atoms with Crippen molar-refractivity contribution >= 4 is 29.1 Å². The summed E-state index contributed by atoms with van der Waals surface area (Å²) in [4.78, 5) is 25.9. The van der Waals surface area contributed by atoms with E-state index < -0.39 is 34.1 Å². The molecular formula is C16H18ClF3N2O2. The van der Waals surface area contributed by atoms with Crippen LogP contribution in [0.25, 0.3) is 0 Å². The van der Waals surface area contributed by atoms with Gasteiger partial charge in [-0.15, -0.1) is 0 Å². The molecule has 0 spiro atoms. The molecule has 0 aromatic heterocycles. The van der Waals surface area contributed by atoms with E-state index in [9.17, 15) is 22.8 Å². The lowest BCUT2D eigenvalue weighted by atomic mass is 10.1. The summed E-state index contributed by atoms with van der Waals surface area (Å²) in [6.07, 6.45) is -4.56. The molecule has 2 rings (SSSR count). The summed E-state index contributed by atoms with van der Waals surface area (Å²) in [5, 5.41) is 2.00. The minimum Gasteiger partial charge on any atom is -0.337 e. The van der Waals surface area contributed by atoms with Crippen LogP contribution in [0, 0.1) is 5.92 Å². The number of anilines is 1. The van der Waals surface area contributed by atoms with E-state index in [1.807, 2.05) is 20.8 Å². The zero-order chi connectivity index (χ0) is 18.3. The Balaban J connectivity index is 2.13. The van der Waals surface area contributed by atoms with Gasteiger partial charge in [-0.3, -0.25) is 9.59 Å². The maximum atomic E-state index is 12.9. The van der Waals surface area contributed by atoms with Gasteiger partial charge in [0.1, 0.15) is 0 Å². The van der Waals surface area contributed by atoms with Gasteiger partial charge in [0, 0.05) is 24.2 Å². The smallest absolute Gasteiger partial charge is 0.337 e. The number of benzene rings is 1. The molecule has 1 atom stereocenters. The normalized spacial score (nSPS) is 18.9. The molecule has 1 aliphatic rings. The largest absolute Gasteiger partial charge is 0.417 e. The Morgan fingerprint density at radius 1 is 1.29 bits per heavy atom. The van der Waals surface area contributed by atoms with Crippen molar-refractivity contribution in [2.75, 3.05) is 11.9 Å². The zero-order valence-corrected chi connectivity index (χ0v) is 14.3. The molecule has 0 saturated carbocycles. The third-order valence-electron chi connectivity index (χ3n) is 3.84. The Morgan fingerprint density at radius 2 is 1.92 bits per heavy atom. The van der Waals surface area contributed by atoms with Crippen molar-refractivity contribution in [3.05, 3.63) is 28.8 Å². The Kier molecular flexibility index (Phi) is 4.86. The highest BCUT2D eigenvalue weighted by Gasteiger charge is 2.39. The molecular weight excluding hydrogens is 345 g/mol. The quantitative estimate of drug-likeness (QED) is 0.866. The third-order valence-corrected chi connectivity index (χ3v) is 4.17. The Bertz CT molecular complexity index is 668. The van der Waals surface area contributed by atoms with Crippen molar-refractivity contribution in [2.45, 2.75) is 38.9 Å². The van der Waals surface area contributed by atoms with Gasteiger partial charge in [-0.1, -0.05) is 11.6 Å². The molecule has 0 radical (unpaired) electrons.